The molecule has 0 amide bonds. The molecule has 0 fully saturated rings. The van der Waals surface area contributed by atoms with Gasteiger partial charge in [-0.3, -0.25) is 4.79 Å². The lowest BCUT2D eigenvalue weighted by atomic mass is 10.2. The van der Waals surface area contributed by atoms with Crippen molar-refractivity contribution in [2.24, 2.45) is 0 Å². The van der Waals surface area contributed by atoms with Gasteiger partial charge in [0.1, 0.15) is 5.78 Å². The van der Waals surface area contributed by atoms with Crippen LogP contribution in [0.2, 0.25) is 0 Å². The summed E-state index contributed by atoms with van der Waals surface area (Å²) in [5, 5.41) is 0. The van der Waals surface area contributed by atoms with Crippen LogP contribution < -0.4 is 0 Å². The summed E-state index contributed by atoms with van der Waals surface area (Å²) in [6.45, 7) is 8.53. The quantitative estimate of drug-likeness (QED) is 0.425. The highest BCUT2D eigenvalue weighted by atomic mass is 32.2. The molecule has 0 aromatic carbocycles. The van der Waals surface area contributed by atoms with Gasteiger partial charge < -0.3 is 4.74 Å². The third kappa shape index (κ3) is 9.85. The molecule has 0 aromatic heterocycles. The zero-order valence-electron chi connectivity index (χ0n) is 9.88. The molecule has 0 radical (unpaired) electrons. The fourth-order valence-corrected chi connectivity index (χ4v) is 1.82. The van der Waals surface area contributed by atoms with Gasteiger partial charge >= 0.3 is 0 Å². The summed E-state index contributed by atoms with van der Waals surface area (Å²) >= 11 is 1.77. The molecular weight excluding hydrogens is 208 g/mol. The minimum atomic E-state index is 0.379. The van der Waals surface area contributed by atoms with Crippen LogP contribution in [0.15, 0.2) is 12.3 Å². The van der Waals surface area contributed by atoms with E-state index in [9.17, 15) is 4.79 Å². The van der Waals surface area contributed by atoms with Crippen molar-refractivity contribution >= 4 is 17.5 Å². The molecule has 0 saturated heterocycles. The molecule has 0 bridgehead atoms. The number of Topliss-reactive ketones (excluding diaryl/α,β-unsaturated/α-hetero) is 1. The van der Waals surface area contributed by atoms with Gasteiger partial charge in [-0.25, -0.2) is 0 Å². The maximum atomic E-state index is 11.2. The number of carbonyl (C=O) groups is 1. The number of carbonyl (C=O) groups excluding carboxylic acids is 1. The predicted octanol–water partition coefficient (Wildman–Crippen LogP) is 3.42. The number of allylic oxidation sites excluding steroid dienone is 1. The third-order valence-corrected chi connectivity index (χ3v) is 2.93. The van der Waals surface area contributed by atoms with Crippen LogP contribution in [0.5, 0.6) is 0 Å². The van der Waals surface area contributed by atoms with Gasteiger partial charge in [-0.15, -0.1) is 0 Å². The standard InChI is InChI=1S/C12H22O2S/c1-4-6-12(13)7-9-15-10-8-14-11(3)5-2/h3-10H2,1-2H3. The van der Waals surface area contributed by atoms with E-state index in [0.717, 1.165) is 36.5 Å². The van der Waals surface area contributed by atoms with Gasteiger partial charge in [0.2, 0.25) is 0 Å². The van der Waals surface area contributed by atoms with Crippen molar-refractivity contribution in [2.45, 2.75) is 39.5 Å². The molecular formula is C12H22O2S. The van der Waals surface area contributed by atoms with Gasteiger partial charge in [-0.2, -0.15) is 11.8 Å². The second-order valence-corrected chi connectivity index (χ2v) is 4.62. The topological polar surface area (TPSA) is 26.3 Å². The van der Waals surface area contributed by atoms with Crippen molar-refractivity contribution in [1.82, 2.24) is 0 Å². The highest BCUT2D eigenvalue weighted by Gasteiger charge is 1.99. The Morgan fingerprint density at radius 1 is 1.27 bits per heavy atom. The zero-order valence-corrected chi connectivity index (χ0v) is 10.7. The molecule has 0 unspecified atom stereocenters. The lowest BCUT2D eigenvalue weighted by molar-refractivity contribution is -0.118. The summed E-state index contributed by atoms with van der Waals surface area (Å²) in [4.78, 5) is 11.2. The molecule has 0 heterocycles. The van der Waals surface area contributed by atoms with Crippen molar-refractivity contribution in [3.05, 3.63) is 12.3 Å². The van der Waals surface area contributed by atoms with Crippen LogP contribution >= 0.6 is 11.8 Å². The average molecular weight is 230 g/mol. The van der Waals surface area contributed by atoms with Crippen LogP contribution in [0.1, 0.15) is 39.5 Å². The van der Waals surface area contributed by atoms with Gasteiger partial charge in [-0.05, 0) is 6.42 Å². The molecule has 0 aliphatic carbocycles. The molecule has 0 saturated carbocycles. The summed E-state index contributed by atoms with van der Waals surface area (Å²) in [7, 11) is 0. The van der Waals surface area contributed by atoms with Crippen LogP contribution in [0.4, 0.5) is 0 Å². The molecule has 0 N–H and O–H groups in total. The van der Waals surface area contributed by atoms with Crippen LogP contribution in [0.25, 0.3) is 0 Å². The molecule has 0 aliphatic heterocycles. The highest BCUT2D eigenvalue weighted by Crippen LogP contribution is 2.06. The van der Waals surface area contributed by atoms with Crippen LogP contribution in [-0.4, -0.2) is 23.9 Å². The number of ether oxygens (including phenoxy) is 1. The largest absolute Gasteiger partial charge is 0.498 e. The van der Waals surface area contributed by atoms with Gasteiger partial charge in [0.05, 0.1) is 12.4 Å². The average Bonchev–Trinajstić information content (AvgIpc) is 2.23. The first-order valence-electron chi connectivity index (χ1n) is 5.60. The Kier molecular flexibility index (Phi) is 9.79. The minimum Gasteiger partial charge on any atom is -0.498 e. The van der Waals surface area contributed by atoms with Gasteiger partial charge in [0, 0.05) is 30.8 Å². The summed E-state index contributed by atoms with van der Waals surface area (Å²) < 4.78 is 5.35. The molecule has 0 aliphatic rings. The van der Waals surface area contributed by atoms with Crippen LogP contribution in [0.3, 0.4) is 0 Å². The van der Waals surface area contributed by atoms with Crippen molar-refractivity contribution in [3.8, 4) is 0 Å². The summed E-state index contributed by atoms with van der Waals surface area (Å²) in [5.41, 5.74) is 0. The van der Waals surface area contributed by atoms with E-state index < -0.39 is 0 Å². The summed E-state index contributed by atoms with van der Waals surface area (Å²) in [6.07, 6.45) is 3.26. The van der Waals surface area contributed by atoms with E-state index in [4.69, 9.17) is 4.74 Å². The third-order valence-electron chi connectivity index (χ3n) is 1.98. The van der Waals surface area contributed by atoms with E-state index in [0.29, 0.717) is 18.8 Å². The van der Waals surface area contributed by atoms with E-state index in [2.05, 4.69) is 6.58 Å². The normalized spacial score (nSPS) is 10.0. The van der Waals surface area contributed by atoms with E-state index in [1.54, 1.807) is 11.8 Å². The fraction of sp³-hybridized carbons (Fsp3) is 0.750. The van der Waals surface area contributed by atoms with Crippen molar-refractivity contribution in [3.63, 3.8) is 0 Å². The van der Waals surface area contributed by atoms with Crippen molar-refractivity contribution in [2.75, 3.05) is 18.1 Å². The summed E-state index contributed by atoms with van der Waals surface area (Å²) in [5.74, 6) is 3.08. The molecule has 2 nitrogen and oxygen atoms in total. The van der Waals surface area contributed by atoms with E-state index in [1.807, 2.05) is 13.8 Å². The molecule has 0 spiro atoms. The Morgan fingerprint density at radius 2 is 2.00 bits per heavy atom. The number of hydrogen-bond donors (Lipinski definition) is 0. The van der Waals surface area contributed by atoms with Crippen molar-refractivity contribution in [1.29, 1.82) is 0 Å². The van der Waals surface area contributed by atoms with Crippen molar-refractivity contribution < 1.29 is 9.53 Å². The van der Waals surface area contributed by atoms with E-state index in [1.165, 1.54) is 0 Å². The molecule has 0 rings (SSSR count). The maximum Gasteiger partial charge on any atom is 0.133 e. The maximum absolute atomic E-state index is 11.2. The first-order valence-corrected chi connectivity index (χ1v) is 6.76. The minimum absolute atomic E-state index is 0.379. The molecule has 0 atom stereocenters. The Labute approximate surface area is 97.5 Å². The number of hydrogen-bond acceptors (Lipinski definition) is 3. The van der Waals surface area contributed by atoms with Gasteiger partial charge in [-0.1, -0.05) is 20.4 Å². The first-order chi connectivity index (χ1) is 7.20. The Hall–Kier alpha value is -0.440. The van der Waals surface area contributed by atoms with Crippen LogP contribution in [0, 0.1) is 0 Å². The number of rotatable bonds is 10. The Morgan fingerprint density at radius 3 is 2.60 bits per heavy atom. The Balaban J connectivity index is 3.18. The zero-order chi connectivity index (χ0) is 11.5. The molecule has 88 valence electrons. The lowest BCUT2D eigenvalue weighted by Gasteiger charge is -2.06. The van der Waals surface area contributed by atoms with Gasteiger partial charge in [0.15, 0.2) is 0 Å². The van der Waals surface area contributed by atoms with E-state index in [-0.39, 0.29) is 0 Å². The first kappa shape index (κ1) is 14.6. The monoisotopic (exact) mass is 230 g/mol. The fourth-order valence-electron chi connectivity index (χ4n) is 1.04. The summed E-state index contributed by atoms with van der Waals surface area (Å²) in [6, 6.07) is 0. The lowest BCUT2D eigenvalue weighted by Crippen LogP contribution is -2.01. The predicted molar refractivity (Wildman–Crippen MR) is 67.2 cm³/mol. The highest BCUT2D eigenvalue weighted by molar-refractivity contribution is 7.99. The number of ketones is 1. The molecule has 3 heteroatoms. The van der Waals surface area contributed by atoms with Gasteiger partial charge in [0.25, 0.3) is 0 Å². The second-order valence-electron chi connectivity index (χ2n) is 3.39. The SMILES string of the molecule is C=C(CC)OCCSCCC(=O)CCC. The number of thioether (sulfide) groups is 1. The van der Waals surface area contributed by atoms with Crippen LogP contribution in [-0.2, 0) is 9.53 Å². The van der Waals surface area contributed by atoms with E-state index >= 15 is 0 Å². The molecule has 0 aromatic rings. The second kappa shape index (κ2) is 10.1. The Bertz CT molecular complexity index is 190. The molecule has 15 heavy (non-hydrogen) atoms. The smallest absolute Gasteiger partial charge is 0.133 e.